The molecular formula is C20H21NO7S. The van der Waals surface area contributed by atoms with Crippen LogP contribution in [0.15, 0.2) is 53.4 Å². The number of carbonyl (C=O) groups is 2. The van der Waals surface area contributed by atoms with Crippen molar-refractivity contribution in [3.8, 4) is 0 Å². The van der Waals surface area contributed by atoms with Gasteiger partial charge in [0.15, 0.2) is 0 Å². The first-order valence-corrected chi connectivity index (χ1v) is 10.4. The molecule has 0 aromatic heterocycles. The summed E-state index contributed by atoms with van der Waals surface area (Å²) in [7, 11) is -2.40. The number of methoxy groups -OCH3 is 1. The molecule has 0 atom stereocenters. The molecule has 29 heavy (non-hydrogen) atoms. The summed E-state index contributed by atoms with van der Waals surface area (Å²) in [6.45, 7) is 1.23. The molecule has 2 aromatic rings. The molecule has 8 nitrogen and oxygen atoms in total. The monoisotopic (exact) mass is 419 g/mol. The van der Waals surface area contributed by atoms with Gasteiger partial charge in [-0.3, -0.25) is 0 Å². The van der Waals surface area contributed by atoms with E-state index in [1.54, 1.807) is 24.3 Å². The molecule has 0 spiro atoms. The number of hydrogen-bond donors (Lipinski definition) is 0. The summed E-state index contributed by atoms with van der Waals surface area (Å²) in [4.78, 5) is 23.8. The Morgan fingerprint density at radius 2 is 1.69 bits per heavy atom. The molecule has 3 rings (SSSR count). The minimum absolute atomic E-state index is 0.0132. The highest BCUT2D eigenvalue weighted by atomic mass is 32.2. The first kappa shape index (κ1) is 21.0. The minimum Gasteiger partial charge on any atom is -0.465 e. The summed E-state index contributed by atoms with van der Waals surface area (Å²) >= 11 is 0. The molecule has 0 radical (unpaired) electrons. The number of carbonyl (C=O) groups excluding carboxylic acids is 2. The Balaban J connectivity index is 1.67. The normalized spacial score (nSPS) is 14.9. The zero-order chi connectivity index (χ0) is 20.9. The van der Waals surface area contributed by atoms with Crippen LogP contribution in [0.2, 0.25) is 0 Å². The van der Waals surface area contributed by atoms with E-state index in [1.807, 2.05) is 0 Å². The first-order chi connectivity index (χ1) is 13.9. The molecule has 1 heterocycles. The number of hydrogen-bond acceptors (Lipinski definition) is 7. The van der Waals surface area contributed by atoms with Crippen LogP contribution >= 0.6 is 0 Å². The van der Waals surface area contributed by atoms with Crippen molar-refractivity contribution in [3.63, 3.8) is 0 Å². The fraction of sp³-hybridized carbons (Fsp3) is 0.300. The molecule has 2 aromatic carbocycles. The van der Waals surface area contributed by atoms with E-state index in [0.29, 0.717) is 24.3 Å². The van der Waals surface area contributed by atoms with Crippen LogP contribution < -0.4 is 0 Å². The summed E-state index contributed by atoms with van der Waals surface area (Å²) in [5.41, 5.74) is 1.22. The average molecular weight is 419 g/mol. The summed E-state index contributed by atoms with van der Waals surface area (Å²) in [6.07, 6.45) is 0. The third kappa shape index (κ3) is 5.00. The highest BCUT2D eigenvalue weighted by Gasteiger charge is 2.27. The van der Waals surface area contributed by atoms with E-state index < -0.39 is 22.0 Å². The molecule has 0 saturated carbocycles. The van der Waals surface area contributed by atoms with Crippen LogP contribution in [0.25, 0.3) is 0 Å². The van der Waals surface area contributed by atoms with Gasteiger partial charge in [-0.05, 0) is 35.9 Å². The Kier molecular flexibility index (Phi) is 6.63. The lowest BCUT2D eigenvalue weighted by molar-refractivity contribution is 0.0471. The number of ether oxygens (including phenoxy) is 3. The van der Waals surface area contributed by atoms with E-state index in [-0.39, 0.29) is 30.2 Å². The minimum atomic E-state index is -3.70. The Morgan fingerprint density at radius 1 is 1.00 bits per heavy atom. The zero-order valence-electron chi connectivity index (χ0n) is 15.9. The number of nitrogens with zero attached hydrogens (tertiary/aromatic N) is 1. The van der Waals surface area contributed by atoms with Gasteiger partial charge in [0.1, 0.15) is 6.61 Å². The molecule has 1 fully saturated rings. The topological polar surface area (TPSA) is 99.2 Å². The van der Waals surface area contributed by atoms with Gasteiger partial charge in [0.25, 0.3) is 0 Å². The number of rotatable bonds is 6. The standard InChI is InChI=1S/C20H21NO7S/c1-26-19(22)16-7-5-15(6-8-16)14-28-20(23)17-3-2-4-18(13-17)29(24,25)21-9-11-27-12-10-21/h2-8,13H,9-12,14H2,1H3. The fourth-order valence-corrected chi connectivity index (χ4v) is 4.26. The highest BCUT2D eigenvalue weighted by molar-refractivity contribution is 7.89. The second kappa shape index (κ2) is 9.17. The van der Waals surface area contributed by atoms with Gasteiger partial charge in [-0.15, -0.1) is 0 Å². The largest absolute Gasteiger partial charge is 0.465 e. The van der Waals surface area contributed by atoms with Crippen molar-refractivity contribution >= 4 is 22.0 Å². The second-order valence-electron chi connectivity index (χ2n) is 6.31. The molecule has 9 heteroatoms. The molecule has 154 valence electrons. The van der Waals surface area contributed by atoms with Gasteiger partial charge < -0.3 is 14.2 Å². The van der Waals surface area contributed by atoms with E-state index in [1.165, 1.54) is 35.7 Å². The predicted octanol–water partition coefficient (Wildman–Crippen LogP) is 1.85. The third-order valence-electron chi connectivity index (χ3n) is 4.42. The van der Waals surface area contributed by atoms with Gasteiger partial charge in [0.2, 0.25) is 10.0 Å². The van der Waals surface area contributed by atoms with Crippen LogP contribution in [-0.4, -0.2) is 58.1 Å². The Morgan fingerprint density at radius 3 is 2.34 bits per heavy atom. The predicted molar refractivity (Wildman–Crippen MR) is 103 cm³/mol. The molecule has 1 saturated heterocycles. The van der Waals surface area contributed by atoms with Gasteiger partial charge in [-0.25, -0.2) is 18.0 Å². The van der Waals surface area contributed by atoms with Gasteiger partial charge in [-0.1, -0.05) is 18.2 Å². The molecule has 1 aliphatic heterocycles. The number of esters is 2. The smallest absolute Gasteiger partial charge is 0.338 e. The third-order valence-corrected chi connectivity index (χ3v) is 6.32. The number of benzene rings is 2. The highest BCUT2D eigenvalue weighted by Crippen LogP contribution is 2.19. The molecule has 0 aliphatic carbocycles. The zero-order valence-corrected chi connectivity index (χ0v) is 16.7. The summed E-state index contributed by atoms with van der Waals surface area (Å²) in [5.74, 6) is -1.09. The lowest BCUT2D eigenvalue weighted by Crippen LogP contribution is -2.40. The van der Waals surface area contributed by atoms with E-state index in [0.717, 1.165) is 0 Å². The SMILES string of the molecule is COC(=O)c1ccc(COC(=O)c2cccc(S(=O)(=O)N3CCOCC3)c2)cc1. The van der Waals surface area contributed by atoms with Crippen molar-refractivity contribution in [1.82, 2.24) is 4.31 Å². The van der Waals surface area contributed by atoms with E-state index >= 15 is 0 Å². The van der Waals surface area contributed by atoms with Gasteiger partial charge in [0, 0.05) is 13.1 Å². The first-order valence-electron chi connectivity index (χ1n) is 8.94. The van der Waals surface area contributed by atoms with Crippen molar-refractivity contribution in [2.45, 2.75) is 11.5 Å². The van der Waals surface area contributed by atoms with Gasteiger partial charge in [0.05, 0.1) is 36.3 Å². The maximum absolute atomic E-state index is 12.7. The lowest BCUT2D eigenvalue weighted by atomic mass is 10.1. The Bertz CT molecular complexity index is 980. The van der Waals surface area contributed by atoms with Crippen LogP contribution in [0.1, 0.15) is 26.3 Å². The summed E-state index contributed by atoms with van der Waals surface area (Å²) in [6, 6.07) is 12.2. The van der Waals surface area contributed by atoms with Gasteiger partial charge in [-0.2, -0.15) is 4.31 Å². The van der Waals surface area contributed by atoms with Crippen LogP contribution in [-0.2, 0) is 30.8 Å². The number of morpholine rings is 1. The second-order valence-corrected chi connectivity index (χ2v) is 8.25. The summed E-state index contributed by atoms with van der Waals surface area (Å²) in [5, 5.41) is 0. The molecule has 0 amide bonds. The number of sulfonamides is 1. The van der Waals surface area contributed by atoms with E-state index in [9.17, 15) is 18.0 Å². The van der Waals surface area contributed by atoms with E-state index in [4.69, 9.17) is 9.47 Å². The Labute approximate surface area is 169 Å². The van der Waals surface area contributed by atoms with Crippen molar-refractivity contribution in [2.24, 2.45) is 0 Å². The quantitative estimate of drug-likeness (QED) is 0.659. The molecule has 1 aliphatic rings. The van der Waals surface area contributed by atoms with Crippen molar-refractivity contribution in [3.05, 3.63) is 65.2 Å². The van der Waals surface area contributed by atoms with Gasteiger partial charge >= 0.3 is 11.9 Å². The maximum atomic E-state index is 12.7. The van der Waals surface area contributed by atoms with Crippen LogP contribution in [0.4, 0.5) is 0 Å². The van der Waals surface area contributed by atoms with Crippen molar-refractivity contribution < 1.29 is 32.2 Å². The Hall–Kier alpha value is -2.75. The molecule has 0 N–H and O–H groups in total. The summed E-state index contributed by atoms with van der Waals surface area (Å²) < 4.78 is 41.9. The average Bonchev–Trinajstić information content (AvgIpc) is 2.78. The van der Waals surface area contributed by atoms with Crippen molar-refractivity contribution in [1.29, 1.82) is 0 Å². The van der Waals surface area contributed by atoms with Crippen LogP contribution in [0, 0.1) is 0 Å². The molecule has 0 unspecified atom stereocenters. The van der Waals surface area contributed by atoms with E-state index in [2.05, 4.69) is 4.74 Å². The lowest BCUT2D eigenvalue weighted by Gasteiger charge is -2.26. The molecule has 0 bridgehead atoms. The fourth-order valence-electron chi connectivity index (χ4n) is 2.81. The van der Waals surface area contributed by atoms with Crippen LogP contribution in [0.3, 0.4) is 0 Å². The maximum Gasteiger partial charge on any atom is 0.338 e. The molecular weight excluding hydrogens is 398 g/mol. The van der Waals surface area contributed by atoms with Crippen molar-refractivity contribution in [2.75, 3.05) is 33.4 Å². The van der Waals surface area contributed by atoms with Crippen LogP contribution in [0.5, 0.6) is 0 Å².